The molecule has 1 amide bonds. The molecule has 0 spiro atoms. The highest BCUT2D eigenvalue weighted by atomic mass is 16.3. The fourth-order valence-electron chi connectivity index (χ4n) is 3.03. The van der Waals surface area contributed by atoms with E-state index in [0.29, 0.717) is 13.0 Å². The molecule has 1 aliphatic heterocycles. The molecule has 0 radical (unpaired) electrons. The third-order valence-electron chi connectivity index (χ3n) is 4.19. The van der Waals surface area contributed by atoms with E-state index >= 15 is 0 Å². The molecule has 1 unspecified atom stereocenters. The number of carbonyl (C=O) groups excluding carboxylic acids is 2. The van der Waals surface area contributed by atoms with Crippen molar-refractivity contribution in [2.24, 2.45) is 0 Å². The first kappa shape index (κ1) is 15.9. The summed E-state index contributed by atoms with van der Waals surface area (Å²) >= 11 is 0. The van der Waals surface area contributed by atoms with Gasteiger partial charge in [0, 0.05) is 18.9 Å². The molecule has 0 bridgehead atoms. The maximum absolute atomic E-state index is 12.5. The van der Waals surface area contributed by atoms with Gasteiger partial charge in [0.2, 0.25) is 0 Å². The van der Waals surface area contributed by atoms with Crippen molar-refractivity contribution in [3.63, 3.8) is 0 Å². The van der Waals surface area contributed by atoms with Gasteiger partial charge < -0.3 is 10.0 Å². The highest BCUT2D eigenvalue weighted by molar-refractivity contribution is 6.08. The minimum absolute atomic E-state index is 0.152. The molecule has 3 rings (SSSR count). The van der Waals surface area contributed by atoms with Crippen LogP contribution in [0.1, 0.15) is 24.1 Å². The average Bonchev–Trinajstić information content (AvgIpc) is 2.86. The summed E-state index contributed by atoms with van der Waals surface area (Å²) < 4.78 is 0. The monoisotopic (exact) mass is 322 g/mol. The second kappa shape index (κ2) is 6.66. The first-order valence-electron chi connectivity index (χ1n) is 7.78. The Balaban J connectivity index is 1.92. The van der Waals surface area contributed by atoms with Crippen LogP contribution < -0.4 is 0 Å². The molecule has 2 heterocycles. The van der Waals surface area contributed by atoms with E-state index < -0.39 is 17.7 Å². The van der Waals surface area contributed by atoms with Crippen LogP contribution in [0.5, 0.6) is 0 Å². The molecule has 5 nitrogen and oxygen atoms in total. The first-order chi connectivity index (χ1) is 11.6. The number of hydrogen-bond donors (Lipinski definition) is 1. The number of amides is 1. The van der Waals surface area contributed by atoms with Gasteiger partial charge in [-0.1, -0.05) is 30.3 Å². The highest BCUT2D eigenvalue weighted by Crippen LogP contribution is 2.37. The largest absolute Gasteiger partial charge is 0.503 e. The van der Waals surface area contributed by atoms with Gasteiger partial charge in [-0.3, -0.25) is 14.6 Å². The third-order valence-corrected chi connectivity index (χ3v) is 4.19. The molecule has 1 N–H and O–H groups in total. The zero-order valence-electron chi connectivity index (χ0n) is 13.3. The smallest absolute Gasteiger partial charge is 0.290 e. The molecule has 1 aliphatic rings. The summed E-state index contributed by atoms with van der Waals surface area (Å²) in [4.78, 5) is 30.0. The summed E-state index contributed by atoms with van der Waals surface area (Å²) in [7, 11) is 0. The van der Waals surface area contributed by atoms with Gasteiger partial charge in [-0.05, 0) is 36.6 Å². The van der Waals surface area contributed by atoms with Gasteiger partial charge in [0.1, 0.15) is 0 Å². The number of ketones is 1. The van der Waals surface area contributed by atoms with E-state index in [4.69, 9.17) is 0 Å². The SMILES string of the molecule is CC(=O)C1=C(O)C(=O)N(CCc2ccccc2)C1c1ccncc1. The number of hydrogen-bond acceptors (Lipinski definition) is 4. The predicted octanol–water partition coefficient (Wildman–Crippen LogP) is 2.61. The number of rotatable bonds is 5. The molecule has 122 valence electrons. The Kier molecular flexibility index (Phi) is 4.42. The predicted molar refractivity (Wildman–Crippen MR) is 89.2 cm³/mol. The molecule has 1 atom stereocenters. The Bertz CT molecular complexity index is 785. The molecule has 0 fully saturated rings. The normalized spacial score (nSPS) is 17.5. The fraction of sp³-hybridized carbons (Fsp3) is 0.211. The van der Waals surface area contributed by atoms with Gasteiger partial charge in [-0.15, -0.1) is 0 Å². The van der Waals surface area contributed by atoms with Crippen LogP contribution in [0.3, 0.4) is 0 Å². The minimum atomic E-state index is -0.568. The summed E-state index contributed by atoms with van der Waals surface area (Å²) in [5, 5.41) is 10.2. The molecule has 24 heavy (non-hydrogen) atoms. The van der Waals surface area contributed by atoms with Gasteiger partial charge in [0.15, 0.2) is 11.5 Å². The molecule has 5 heteroatoms. The van der Waals surface area contributed by atoms with Crippen molar-refractivity contribution >= 4 is 11.7 Å². The highest BCUT2D eigenvalue weighted by Gasteiger charge is 2.41. The minimum Gasteiger partial charge on any atom is -0.503 e. The maximum Gasteiger partial charge on any atom is 0.290 e. The van der Waals surface area contributed by atoms with Gasteiger partial charge in [0.05, 0.1) is 11.6 Å². The molecular formula is C19H18N2O3. The molecule has 0 saturated heterocycles. The van der Waals surface area contributed by atoms with Gasteiger partial charge in [0.25, 0.3) is 5.91 Å². The number of carbonyl (C=O) groups is 2. The lowest BCUT2D eigenvalue weighted by Gasteiger charge is -2.26. The van der Waals surface area contributed by atoms with Crippen LogP contribution in [-0.2, 0) is 16.0 Å². The van der Waals surface area contributed by atoms with E-state index in [2.05, 4.69) is 4.98 Å². The zero-order valence-corrected chi connectivity index (χ0v) is 13.3. The summed E-state index contributed by atoms with van der Waals surface area (Å²) in [5.74, 6) is -1.25. The summed E-state index contributed by atoms with van der Waals surface area (Å²) in [5.41, 5.74) is 2.01. The lowest BCUT2D eigenvalue weighted by Crippen LogP contribution is -2.32. The van der Waals surface area contributed by atoms with E-state index in [1.807, 2.05) is 30.3 Å². The van der Waals surface area contributed by atoms with Crippen molar-refractivity contribution < 1.29 is 14.7 Å². The molecular weight excluding hydrogens is 304 g/mol. The van der Waals surface area contributed by atoms with Gasteiger partial charge in [-0.25, -0.2) is 0 Å². The van der Waals surface area contributed by atoms with Crippen LogP contribution in [0.4, 0.5) is 0 Å². The number of aliphatic hydroxyl groups is 1. The molecule has 2 aromatic rings. The van der Waals surface area contributed by atoms with Crippen LogP contribution in [0.15, 0.2) is 66.2 Å². The Morgan fingerprint density at radius 2 is 1.83 bits per heavy atom. The van der Waals surface area contributed by atoms with Crippen molar-refractivity contribution in [1.29, 1.82) is 0 Å². The summed E-state index contributed by atoms with van der Waals surface area (Å²) in [6.45, 7) is 1.78. The molecule has 1 aromatic heterocycles. The van der Waals surface area contributed by atoms with Crippen molar-refractivity contribution in [1.82, 2.24) is 9.88 Å². The van der Waals surface area contributed by atoms with Gasteiger partial charge >= 0.3 is 0 Å². The lowest BCUT2D eigenvalue weighted by molar-refractivity contribution is -0.129. The summed E-state index contributed by atoms with van der Waals surface area (Å²) in [6, 6.07) is 12.7. The van der Waals surface area contributed by atoms with E-state index in [1.54, 1.807) is 29.4 Å². The molecule has 0 aliphatic carbocycles. The molecule has 0 saturated carbocycles. The number of aliphatic hydroxyl groups excluding tert-OH is 1. The quantitative estimate of drug-likeness (QED) is 0.918. The van der Waals surface area contributed by atoms with E-state index in [9.17, 15) is 14.7 Å². The van der Waals surface area contributed by atoms with Crippen LogP contribution in [-0.4, -0.2) is 33.2 Å². The Morgan fingerprint density at radius 3 is 2.46 bits per heavy atom. The molecule has 1 aromatic carbocycles. The average molecular weight is 322 g/mol. The van der Waals surface area contributed by atoms with Crippen LogP contribution in [0.2, 0.25) is 0 Å². The Hall–Kier alpha value is -2.95. The van der Waals surface area contributed by atoms with Crippen molar-refractivity contribution in [2.75, 3.05) is 6.54 Å². The topological polar surface area (TPSA) is 70.5 Å². The van der Waals surface area contributed by atoms with E-state index in [1.165, 1.54) is 6.92 Å². The Morgan fingerprint density at radius 1 is 1.17 bits per heavy atom. The standard InChI is InChI=1S/C19H18N2O3/c1-13(22)16-17(15-7-10-20-11-8-15)21(19(24)18(16)23)12-9-14-5-3-2-4-6-14/h2-8,10-11,17,23H,9,12H2,1H3. The number of Topliss-reactive ketones (excluding diaryl/α,β-unsaturated/α-hetero) is 1. The van der Waals surface area contributed by atoms with Crippen molar-refractivity contribution in [3.8, 4) is 0 Å². The van der Waals surface area contributed by atoms with Gasteiger partial charge in [-0.2, -0.15) is 0 Å². The van der Waals surface area contributed by atoms with E-state index in [-0.39, 0.29) is 11.4 Å². The van der Waals surface area contributed by atoms with Crippen LogP contribution >= 0.6 is 0 Å². The maximum atomic E-state index is 12.5. The van der Waals surface area contributed by atoms with Crippen molar-refractivity contribution in [2.45, 2.75) is 19.4 Å². The van der Waals surface area contributed by atoms with Crippen LogP contribution in [0, 0.1) is 0 Å². The third kappa shape index (κ3) is 2.93. The zero-order chi connectivity index (χ0) is 17.1. The number of pyridine rings is 1. The van der Waals surface area contributed by atoms with Crippen LogP contribution in [0.25, 0.3) is 0 Å². The second-order valence-corrected chi connectivity index (χ2v) is 5.74. The fourth-order valence-corrected chi connectivity index (χ4v) is 3.03. The van der Waals surface area contributed by atoms with Crippen molar-refractivity contribution in [3.05, 3.63) is 77.3 Å². The second-order valence-electron chi connectivity index (χ2n) is 5.74. The first-order valence-corrected chi connectivity index (χ1v) is 7.78. The lowest BCUT2D eigenvalue weighted by atomic mass is 9.97. The summed E-state index contributed by atoms with van der Waals surface area (Å²) in [6.07, 6.45) is 3.87. The number of nitrogens with zero attached hydrogens (tertiary/aromatic N) is 2. The number of aromatic nitrogens is 1. The van der Waals surface area contributed by atoms with E-state index in [0.717, 1.165) is 11.1 Å². The number of benzene rings is 1. The Labute approximate surface area is 140 Å².